The van der Waals surface area contributed by atoms with Crippen LogP contribution in [0, 0.1) is 17.8 Å². The third-order valence-electron chi connectivity index (χ3n) is 5.01. The van der Waals surface area contributed by atoms with E-state index in [1.54, 1.807) is 0 Å². The van der Waals surface area contributed by atoms with Gasteiger partial charge in [-0.15, -0.1) is 5.92 Å². The highest BCUT2D eigenvalue weighted by atomic mass is 31.3. The summed E-state index contributed by atoms with van der Waals surface area (Å²) in [7, 11) is -16.8. The van der Waals surface area contributed by atoms with Crippen molar-refractivity contribution in [3.63, 3.8) is 0 Å². The first-order valence-corrected chi connectivity index (χ1v) is 14.3. The Bertz CT molecular complexity index is 1340. The average Bonchev–Trinajstić information content (AvgIpc) is 3.22. The molecule has 9 N–H and O–H groups in total. The number of nitrogens with zero attached hydrogens (tertiary/aromatic N) is 4. The highest BCUT2D eigenvalue weighted by molar-refractivity contribution is 7.66. The Kier molecular flexibility index (Phi) is 8.12. The number of aliphatic hydroxyl groups is 1. The van der Waals surface area contributed by atoms with E-state index in [2.05, 4.69) is 35.4 Å². The summed E-state index contributed by atoms with van der Waals surface area (Å²) in [4.78, 5) is 48.7. The van der Waals surface area contributed by atoms with Crippen LogP contribution in [0.5, 0.6) is 0 Å². The third-order valence-corrected chi connectivity index (χ3v) is 8.93. The molecule has 3 heterocycles. The van der Waals surface area contributed by atoms with Crippen molar-refractivity contribution in [2.45, 2.75) is 37.8 Å². The molecule has 1 fully saturated rings. The molecule has 1 aliphatic heterocycles. The lowest BCUT2D eigenvalue weighted by Gasteiger charge is -2.30. The van der Waals surface area contributed by atoms with Crippen molar-refractivity contribution in [2.75, 3.05) is 12.3 Å². The van der Waals surface area contributed by atoms with Gasteiger partial charge in [0.05, 0.1) is 31.3 Å². The van der Waals surface area contributed by atoms with Crippen LogP contribution in [0.15, 0.2) is 12.5 Å². The molecule has 18 nitrogen and oxygen atoms in total. The van der Waals surface area contributed by atoms with E-state index in [1.165, 1.54) is 30.9 Å². The minimum atomic E-state index is -5.74. The molecule has 1 aliphatic rings. The van der Waals surface area contributed by atoms with Crippen LogP contribution in [0.2, 0.25) is 0 Å². The van der Waals surface area contributed by atoms with E-state index >= 15 is 0 Å². The van der Waals surface area contributed by atoms with Crippen LogP contribution in [0.1, 0.15) is 20.1 Å². The zero-order valence-electron chi connectivity index (χ0n) is 18.6. The summed E-state index contributed by atoms with van der Waals surface area (Å²) < 4.78 is 54.4. The van der Waals surface area contributed by atoms with E-state index in [-0.39, 0.29) is 11.6 Å². The summed E-state index contributed by atoms with van der Waals surface area (Å²) in [5, 5.41) is 10.1. The number of imidazole rings is 1. The Morgan fingerprint density at radius 2 is 1.89 bits per heavy atom. The fourth-order valence-corrected chi connectivity index (χ4v) is 6.95. The first kappa shape index (κ1) is 28.8. The van der Waals surface area contributed by atoms with Crippen LogP contribution in [0.25, 0.3) is 11.2 Å². The molecule has 0 saturated carbocycles. The summed E-state index contributed by atoms with van der Waals surface area (Å²) in [6.45, 7) is 2.02. The van der Waals surface area contributed by atoms with Gasteiger partial charge in [0.15, 0.2) is 11.9 Å². The fraction of sp³-hybridized carbons (Fsp3) is 0.533. The van der Waals surface area contributed by atoms with Crippen LogP contribution >= 0.6 is 23.5 Å². The number of rotatable bonds is 9. The summed E-state index contributed by atoms with van der Waals surface area (Å²) in [5.74, 6) is 4.24. The highest BCUT2D eigenvalue weighted by Gasteiger charge is 2.57. The largest absolute Gasteiger partial charge is 0.490 e. The van der Waals surface area contributed by atoms with Gasteiger partial charge < -0.3 is 40.9 Å². The Hall–Kier alpha value is -1.80. The number of aromatic nitrogens is 4. The predicted octanol–water partition coefficient (Wildman–Crippen LogP) is -0.633. The Labute approximate surface area is 203 Å². The number of nitrogen functional groups attached to an aromatic ring is 1. The zero-order valence-corrected chi connectivity index (χ0v) is 21.2. The molecule has 0 radical (unpaired) electrons. The number of phosphoric ester groups is 1. The molecule has 0 bridgehead atoms. The van der Waals surface area contributed by atoms with Crippen LogP contribution in [-0.2, 0) is 31.6 Å². The van der Waals surface area contributed by atoms with E-state index in [4.69, 9.17) is 30.5 Å². The lowest BCUT2D eigenvalue weighted by Crippen LogP contribution is -2.52. The second kappa shape index (κ2) is 10.2. The molecular weight excluding hydrogens is 549 g/mol. The van der Waals surface area contributed by atoms with E-state index < -0.39 is 60.0 Å². The van der Waals surface area contributed by atoms with Gasteiger partial charge in [-0.05, 0) is 13.8 Å². The van der Waals surface area contributed by atoms with Gasteiger partial charge in [-0.3, -0.25) is 9.09 Å². The molecule has 0 aliphatic carbocycles. The van der Waals surface area contributed by atoms with Crippen LogP contribution in [0.4, 0.5) is 5.95 Å². The van der Waals surface area contributed by atoms with E-state index in [9.17, 15) is 28.6 Å². The zero-order chi connectivity index (χ0) is 27.1. The molecule has 2 aromatic rings. The Balaban J connectivity index is 1.93. The molecule has 0 aromatic carbocycles. The maximum Gasteiger partial charge on any atom is 0.490 e. The van der Waals surface area contributed by atoms with Gasteiger partial charge in [0.25, 0.3) is 0 Å². The van der Waals surface area contributed by atoms with Crippen LogP contribution in [-0.4, -0.2) is 68.6 Å². The minimum Gasteiger partial charge on any atom is -0.396 e. The summed E-state index contributed by atoms with van der Waals surface area (Å²) in [5.41, 5.74) is 11.1. The van der Waals surface area contributed by atoms with Gasteiger partial charge >= 0.3 is 23.5 Å². The molecule has 1 saturated heterocycles. The maximum absolute atomic E-state index is 12.3. The van der Waals surface area contributed by atoms with Crippen LogP contribution < -0.4 is 11.5 Å². The first-order chi connectivity index (χ1) is 16.5. The number of aliphatic hydroxyl groups excluding tert-OH is 1. The van der Waals surface area contributed by atoms with E-state index in [0.29, 0.717) is 5.52 Å². The second-order valence-electron chi connectivity index (χ2n) is 7.54. The Morgan fingerprint density at radius 1 is 1.22 bits per heavy atom. The van der Waals surface area contributed by atoms with Crippen LogP contribution in [0.3, 0.4) is 0 Å². The van der Waals surface area contributed by atoms with Crippen molar-refractivity contribution in [3.05, 3.63) is 12.5 Å². The SMILES string of the molecule is CC#CC1(N)C(CO)[C@@H]([C@@H](C)OP(=O)(O)OP(=O)(O)OP(=O)(O)O)O[C@H]1n1cnc2cnc(N)nc21. The molecule has 0 spiro atoms. The van der Waals surface area contributed by atoms with Gasteiger partial charge in [0.2, 0.25) is 5.95 Å². The first-order valence-electron chi connectivity index (χ1n) is 9.78. The number of hydrogen-bond donors (Lipinski definition) is 7. The molecule has 200 valence electrons. The molecule has 7 atom stereocenters. The average molecular weight is 572 g/mol. The topological polar surface area (TPSA) is 285 Å². The van der Waals surface area contributed by atoms with Crippen molar-refractivity contribution < 1.29 is 56.3 Å². The lowest BCUT2D eigenvalue weighted by atomic mass is 9.81. The number of nitrogens with two attached hydrogens (primary N) is 2. The number of anilines is 1. The number of phosphoric acid groups is 3. The minimum absolute atomic E-state index is 0.0808. The highest BCUT2D eigenvalue weighted by Crippen LogP contribution is 2.66. The van der Waals surface area contributed by atoms with Gasteiger partial charge in [0.1, 0.15) is 11.1 Å². The van der Waals surface area contributed by atoms with Gasteiger partial charge in [0, 0.05) is 5.92 Å². The van der Waals surface area contributed by atoms with Crippen molar-refractivity contribution >= 4 is 40.6 Å². The van der Waals surface area contributed by atoms with Gasteiger partial charge in [-0.25, -0.2) is 23.7 Å². The normalized spacial score (nSPS) is 28.7. The molecular formula is C15H23N6O12P3. The Morgan fingerprint density at radius 3 is 2.47 bits per heavy atom. The van der Waals surface area contributed by atoms with Crippen molar-refractivity contribution in [1.82, 2.24) is 19.5 Å². The molecule has 3 rings (SSSR count). The van der Waals surface area contributed by atoms with Gasteiger partial charge in [-0.2, -0.15) is 13.6 Å². The maximum atomic E-state index is 12.3. The summed E-state index contributed by atoms with van der Waals surface area (Å²) in [6, 6.07) is 0. The third kappa shape index (κ3) is 6.18. The molecule has 0 amide bonds. The second-order valence-corrected chi connectivity index (χ2v) is 11.9. The number of fused-ring (bicyclic) bond motifs is 1. The quantitative estimate of drug-likeness (QED) is 0.145. The molecule has 2 aromatic heterocycles. The van der Waals surface area contributed by atoms with Crippen molar-refractivity contribution in [1.29, 1.82) is 0 Å². The molecule has 4 unspecified atom stereocenters. The van der Waals surface area contributed by atoms with E-state index in [1.807, 2.05) is 0 Å². The number of ether oxygens (including phenoxy) is 1. The summed E-state index contributed by atoms with van der Waals surface area (Å²) in [6.07, 6.45) is -1.29. The fourth-order valence-electron chi connectivity index (χ4n) is 3.75. The molecule has 21 heteroatoms. The lowest BCUT2D eigenvalue weighted by molar-refractivity contribution is -0.0656. The number of hydrogen-bond acceptors (Lipinski definition) is 13. The van der Waals surface area contributed by atoms with Crippen molar-refractivity contribution in [3.8, 4) is 11.8 Å². The van der Waals surface area contributed by atoms with E-state index in [0.717, 1.165) is 0 Å². The standard InChI is InChI=1S/C15H23N6O12P3/c1-3-4-15(17)9(6-22)11(8(2)31-35(26,27)33-36(28,29)32-34(23,24)25)30-13(15)21-7-19-10-5-18-14(16)20-12(10)21/h5,7-9,11,13,22H,6,17H2,1-2H3,(H,26,27)(H,28,29)(H2,16,18,20)(H2,23,24,25)/t8-,9?,11-,13-,15?/m1/s1. The van der Waals surface area contributed by atoms with Gasteiger partial charge in [-0.1, -0.05) is 5.92 Å². The smallest absolute Gasteiger partial charge is 0.396 e. The summed E-state index contributed by atoms with van der Waals surface area (Å²) >= 11 is 0. The monoisotopic (exact) mass is 572 g/mol. The predicted molar refractivity (Wildman–Crippen MR) is 119 cm³/mol. The van der Waals surface area contributed by atoms with Crippen molar-refractivity contribution in [2.24, 2.45) is 11.7 Å². The molecule has 36 heavy (non-hydrogen) atoms.